The largest absolute Gasteiger partial charge is 0.256 e. The van der Waals surface area contributed by atoms with E-state index in [1.165, 1.54) is 23.4 Å². The SMILES string of the molecule is c1ccc2cc(-c3ccc(-c4cc(-c5ccc(-c6cc7ccccc7cn6)cc5)cc(-c5ncncn5)c4)cc3)ncc2c1. The Kier molecular flexibility index (Phi) is 6.39. The predicted octanol–water partition coefficient (Wildman–Crippen LogP) is 9.30. The lowest BCUT2D eigenvalue weighted by Gasteiger charge is -2.12. The van der Waals surface area contributed by atoms with Crippen molar-refractivity contribution in [3.05, 3.63) is 152 Å². The molecule has 8 rings (SSSR count). The number of pyridine rings is 2. The van der Waals surface area contributed by atoms with Crippen LogP contribution in [0.2, 0.25) is 0 Å². The third kappa shape index (κ3) is 4.97. The second-order valence-corrected chi connectivity index (χ2v) is 10.7. The normalized spacial score (nSPS) is 11.2. The Morgan fingerprint density at radius 2 is 0.727 bits per heavy atom. The molecule has 0 aliphatic carbocycles. The van der Waals surface area contributed by atoms with Crippen molar-refractivity contribution in [2.75, 3.05) is 0 Å². The van der Waals surface area contributed by atoms with Gasteiger partial charge in [-0.15, -0.1) is 0 Å². The van der Waals surface area contributed by atoms with Crippen molar-refractivity contribution < 1.29 is 0 Å². The predicted molar refractivity (Wildman–Crippen MR) is 178 cm³/mol. The first-order chi connectivity index (χ1) is 21.8. The summed E-state index contributed by atoms with van der Waals surface area (Å²) in [5.74, 6) is 0.636. The van der Waals surface area contributed by atoms with Crippen LogP contribution >= 0.6 is 0 Å². The molecule has 0 amide bonds. The lowest BCUT2D eigenvalue weighted by atomic mass is 9.94. The fourth-order valence-corrected chi connectivity index (χ4v) is 5.63. The molecule has 5 nitrogen and oxygen atoms in total. The molecule has 0 atom stereocenters. The minimum Gasteiger partial charge on any atom is -0.256 e. The van der Waals surface area contributed by atoms with Crippen LogP contribution in [-0.4, -0.2) is 24.9 Å². The molecule has 206 valence electrons. The monoisotopic (exact) mass is 563 g/mol. The molecule has 3 aromatic heterocycles. The Morgan fingerprint density at radius 1 is 0.318 bits per heavy atom. The van der Waals surface area contributed by atoms with Gasteiger partial charge in [0, 0.05) is 39.9 Å². The molecule has 0 bridgehead atoms. The van der Waals surface area contributed by atoms with Gasteiger partial charge in [-0.3, -0.25) is 9.97 Å². The van der Waals surface area contributed by atoms with E-state index in [4.69, 9.17) is 9.97 Å². The van der Waals surface area contributed by atoms with Gasteiger partial charge < -0.3 is 0 Å². The van der Waals surface area contributed by atoms with E-state index in [1.54, 1.807) is 0 Å². The van der Waals surface area contributed by atoms with Crippen molar-refractivity contribution in [3.8, 4) is 56.2 Å². The van der Waals surface area contributed by atoms with Gasteiger partial charge in [0.05, 0.1) is 11.4 Å². The summed E-state index contributed by atoms with van der Waals surface area (Å²) in [4.78, 5) is 22.3. The molecule has 0 unspecified atom stereocenters. The highest BCUT2D eigenvalue weighted by Crippen LogP contribution is 2.34. The Hall–Kier alpha value is -6.07. The second-order valence-electron chi connectivity index (χ2n) is 10.7. The van der Waals surface area contributed by atoms with Crippen LogP contribution in [0.5, 0.6) is 0 Å². The zero-order valence-electron chi connectivity index (χ0n) is 23.7. The van der Waals surface area contributed by atoms with E-state index in [2.05, 4.69) is 130 Å². The maximum Gasteiger partial charge on any atom is 0.162 e. The van der Waals surface area contributed by atoms with Crippen LogP contribution in [0.15, 0.2) is 152 Å². The van der Waals surface area contributed by atoms with Gasteiger partial charge in [-0.2, -0.15) is 0 Å². The van der Waals surface area contributed by atoms with Gasteiger partial charge >= 0.3 is 0 Å². The first-order valence-corrected chi connectivity index (χ1v) is 14.5. The Bertz CT molecular complexity index is 2120. The average Bonchev–Trinajstić information content (AvgIpc) is 3.11. The number of hydrogen-bond acceptors (Lipinski definition) is 5. The molecule has 0 radical (unpaired) electrons. The molecule has 0 aliphatic heterocycles. The first kappa shape index (κ1) is 25.6. The van der Waals surface area contributed by atoms with E-state index in [1.807, 2.05) is 24.5 Å². The highest BCUT2D eigenvalue weighted by molar-refractivity contribution is 5.87. The zero-order chi connectivity index (χ0) is 29.3. The molecule has 0 saturated heterocycles. The molecule has 5 aromatic carbocycles. The topological polar surface area (TPSA) is 64.5 Å². The fourth-order valence-electron chi connectivity index (χ4n) is 5.63. The van der Waals surface area contributed by atoms with Crippen LogP contribution in [-0.2, 0) is 0 Å². The van der Waals surface area contributed by atoms with E-state index < -0.39 is 0 Å². The molecule has 0 spiro atoms. The second kappa shape index (κ2) is 11.0. The Morgan fingerprint density at radius 3 is 1.20 bits per heavy atom. The first-order valence-electron chi connectivity index (χ1n) is 14.5. The van der Waals surface area contributed by atoms with Crippen molar-refractivity contribution >= 4 is 21.5 Å². The van der Waals surface area contributed by atoms with Crippen molar-refractivity contribution in [1.82, 2.24) is 24.9 Å². The minimum atomic E-state index is 0.636. The van der Waals surface area contributed by atoms with E-state index in [9.17, 15) is 0 Å². The fraction of sp³-hybridized carbons (Fsp3) is 0. The molecule has 0 fully saturated rings. The van der Waals surface area contributed by atoms with E-state index >= 15 is 0 Å². The van der Waals surface area contributed by atoms with Crippen molar-refractivity contribution in [3.63, 3.8) is 0 Å². The number of nitrogens with zero attached hydrogens (tertiary/aromatic N) is 5. The molecule has 5 heteroatoms. The summed E-state index contributed by atoms with van der Waals surface area (Å²) in [5.41, 5.74) is 9.35. The molecule has 44 heavy (non-hydrogen) atoms. The lowest BCUT2D eigenvalue weighted by molar-refractivity contribution is 1.06. The third-order valence-corrected chi connectivity index (χ3v) is 7.97. The summed E-state index contributed by atoms with van der Waals surface area (Å²) in [6.45, 7) is 0. The summed E-state index contributed by atoms with van der Waals surface area (Å²) in [7, 11) is 0. The summed E-state index contributed by atoms with van der Waals surface area (Å²) in [6.07, 6.45) is 6.94. The van der Waals surface area contributed by atoms with Crippen molar-refractivity contribution in [1.29, 1.82) is 0 Å². The van der Waals surface area contributed by atoms with Crippen molar-refractivity contribution in [2.24, 2.45) is 0 Å². The van der Waals surface area contributed by atoms with E-state index in [0.29, 0.717) is 5.82 Å². The molecule has 0 N–H and O–H groups in total. The van der Waals surface area contributed by atoms with Gasteiger partial charge in [0.15, 0.2) is 5.82 Å². The highest BCUT2D eigenvalue weighted by Gasteiger charge is 2.11. The van der Waals surface area contributed by atoms with Crippen LogP contribution in [0.4, 0.5) is 0 Å². The van der Waals surface area contributed by atoms with Gasteiger partial charge in [0.1, 0.15) is 12.7 Å². The van der Waals surface area contributed by atoms with Crippen LogP contribution in [0, 0.1) is 0 Å². The van der Waals surface area contributed by atoms with Gasteiger partial charge in [-0.1, -0.05) is 97.1 Å². The zero-order valence-corrected chi connectivity index (χ0v) is 23.7. The number of fused-ring (bicyclic) bond motifs is 2. The minimum absolute atomic E-state index is 0.636. The molecule has 0 aliphatic rings. The maximum atomic E-state index is 4.70. The number of benzene rings is 5. The summed E-state index contributed by atoms with van der Waals surface area (Å²) in [6, 6.07) is 44.5. The molecule has 0 saturated carbocycles. The third-order valence-electron chi connectivity index (χ3n) is 7.97. The standard InChI is InChI=1S/C39H25N5/c1-3-7-32-22-41-37(20-30(32)5-1)28-13-9-26(10-14-28)34-17-35(19-36(18-34)39-43-24-40-25-44-39)27-11-15-29(16-12-27)38-21-31-6-2-4-8-33(31)23-42-38/h1-25H. The van der Waals surface area contributed by atoms with Crippen LogP contribution in [0.1, 0.15) is 0 Å². The van der Waals surface area contributed by atoms with E-state index in [-0.39, 0.29) is 0 Å². The molecular weight excluding hydrogens is 538 g/mol. The van der Waals surface area contributed by atoms with Gasteiger partial charge in [0.25, 0.3) is 0 Å². The quantitative estimate of drug-likeness (QED) is 0.209. The molecule has 8 aromatic rings. The summed E-state index contributed by atoms with van der Waals surface area (Å²) in [5, 5.41) is 4.63. The molecule has 3 heterocycles. The van der Waals surface area contributed by atoms with Crippen LogP contribution in [0.3, 0.4) is 0 Å². The average molecular weight is 564 g/mol. The number of rotatable bonds is 5. The highest BCUT2D eigenvalue weighted by atomic mass is 15.0. The summed E-state index contributed by atoms with van der Waals surface area (Å²) >= 11 is 0. The van der Waals surface area contributed by atoms with Gasteiger partial charge in [-0.25, -0.2) is 15.0 Å². The summed E-state index contributed by atoms with van der Waals surface area (Å²) < 4.78 is 0. The maximum absolute atomic E-state index is 4.70. The smallest absolute Gasteiger partial charge is 0.162 e. The Labute approximate surface area is 254 Å². The van der Waals surface area contributed by atoms with E-state index in [0.717, 1.165) is 61.1 Å². The molecular formula is C39H25N5. The van der Waals surface area contributed by atoms with Crippen LogP contribution < -0.4 is 0 Å². The van der Waals surface area contributed by atoms with Crippen LogP contribution in [0.25, 0.3) is 77.7 Å². The lowest BCUT2D eigenvalue weighted by Crippen LogP contribution is -1.92. The number of hydrogen-bond donors (Lipinski definition) is 0. The van der Waals surface area contributed by atoms with Crippen molar-refractivity contribution in [2.45, 2.75) is 0 Å². The van der Waals surface area contributed by atoms with Gasteiger partial charge in [0.2, 0.25) is 0 Å². The number of aromatic nitrogens is 5. The van der Waals surface area contributed by atoms with Gasteiger partial charge in [-0.05, 0) is 63.4 Å². The Balaban J connectivity index is 1.16.